The van der Waals surface area contributed by atoms with Crippen LogP contribution in [0.2, 0.25) is 0 Å². The van der Waals surface area contributed by atoms with E-state index in [0.717, 1.165) is 5.56 Å². The number of hydrogen-bond acceptors (Lipinski definition) is 6. The van der Waals surface area contributed by atoms with Gasteiger partial charge in [-0.05, 0) is 42.2 Å². The molecular weight excluding hydrogens is 376 g/mol. The number of hydrogen-bond donors (Lipinski definition) is 1. The van der Waals surface area contributed by atoms with Crippen molar-refractivity contribution in [2.45, 2.75) is 13.8 Å². The van der Waals surface area contributed by atoms with Crippen molar-refractivity contribution in [1.29, 1.82) is 0 Å². The second kappa shape index (κ2) is 7.54. The van der Waals surface area contributed by atoms with E-state index >= 15 is 0 Å². The lowest BCUT2D eigenvalue weighted by Gasteiger charge is -2.25. The first-order valence-corrected chi connectivity index (χ1v) is 9.38. The first kappa shape index (κ1) is 18.9. The van der Waals surface area contributed by atoms with Gasteiger partial charge in [-0.15, -0.1) is 0 Å². The minimum absolute atomic E-state index is 0.0132. The van der Waals surface area contributed by atoms with Crippen molar-refractivity contribution in [1.82, 2.24) is 5.32 Å². The largest absolute Gasteiger partial charge is 0.486 e. The Morgan fingerprint density at radius 3 is 2.55 bits per heavy atom. The van der Waals surface area contributed by atoms with E-state index in [-0.39, 0.29) is 23.5 Å². The average molecular weight is 396 g/mol. The number of nitrogens with one attached hydrogen (secondary N) is 1. The summed E-state index contributed by atoms with van der Waals surface area (Å²) in [5.41, 5.74) is 1.28. The van der Waals surface area contributed by atoms with Gasteiger partial charge < -0.3 is 14.2 Å². The van der Waals surface area contributed by atoms with Crippen molar-refractivity contribution in [2.75, 3.05) is 13.2 Å². The summed E-state index contributed by atoms with van der Waals surface area (Å²) in [6.07, 6.45) is 4.28. The Labute approximate surface area is 167 Å². The molecule has 0 saturated carbocycles. The normalized spacial score (nSPS) is 23.1. The fourth-order valence-electron chi connectivity index (χ4n) is 3.49. The molecule has 1 saturated heterocycles. The molecular formula is C21H20N2O6. The molecule has 4 rings (SSSR count). The monoisotopic (exact) mass is 396 g/mol. The SMILES string of the molecule is CC(C)C(C=C1OC(=O)NC1=O)C1C=CC(c2ccc3c(c2)OCCO3)=NC1=O. The van der Waals surface area contributed by atoms with Crippen molar-refractivity contribution < 1.29 is 28.6 Å². The van der Waals surface area contributed by atoms with Gasteiger partial charge in [-0.2, -0.15) is 0 Å². The zero-order chi connectivity index (χ0) is 20.5. The molecule has 1 aromatic rings. The Kier molecular flexibility index (Phi) is 4.92. The number of fused-ring (bicyclic) bond motifs is 1. The molecule has 0 aromatic heterocycles. The van der Waals surface area contributed by atoms with Gasteiger partial charge in [-0.3, -0.25) is 14.9 Å². The molecule has 1 fully saturated rings. The van der Waals surface area contributed by atoms with Gasteiger partial charge in [0.15, 0.2) is 17.3 Å². The van der Waals surface area contributed by atoms with Gasteiger partial charge in [0.2, 0.25) is 0 Å². The molecule has 1 N–H and O–H groups in total. The zero-order valence-electron chi connectivity index (χ0n) is 16.0. The quantitative estimate of drug-likeness (QED) is 0.784. The highest BCUT2D eigenvalue weighted by atomic mass is 16.6. The Morgan fingerprint density at radius 1 is 1.14 bits per heavy atom. The molecule has 0 bridgehead atoms. The second-order valence-electron chi connectivity index (χ2n) is 7.27. The standard InChI is InChI=1S/C21H20N2O6/c1-11(2)14(10-18-20(25)23-21(26)29-18)13-4-5-15(22-19(13)24)12-3-6-16-17(9-12)28-8-7-27-16/h3-6,9-11,13-14H,7-8H2,1-2H3,(H,23,25,26). The lowest BCUT2D eigenvalue weighted by molar-refractivity contribution is -0.122. The summed E-state index contributed by atoms with van der Waals surface area (Å²) < 4.78 is 16.0. The van der Waals surface area contributed by atoms with Gasteiger partial charge >= 0.3 is 6.09 Å². The molecule has 0 spiro atoms. The molecule has 2 atom stereocenters. The minimum atomic E-state index is -0.812. The lowest BCUT2D eigenvalue weighted by atomic mass is 9.80. The van der Waals surface area contributed by atoms with E-state index in [1.54, 1.807) is 24.3 Å². The number of carbonyl (C=O) groups is 3. The highest BCUT2D eigenvalue weighted by Gasteiger charge is 2.34. The van der Waals surface area contributed by atoms with E-state index in [9.17, 15) is 14.4 Å². The summed E-state index contributed by atoms with van der Waals surface area (Å²) in [6.45, 7) is 4.84. The summed E-state index contributed by atoms with van der Waals surface area (Å²) >= 11 is 0. The van der Waals surface area contributed by atoms with Crippen molar-refractivity contribution in [3.8, 4) is 11.5 Å². The summed E-state index contributed by atoms with van der Waals surface area (Å²) in [5.74, 6) is -0.618. The third-order valence-corrected chi connectivity index (χ3v) is 4.99. The number of rotatable bonds is 4. The predicted octanol–water partition coefficient (Wildman–Crippen LogP) is 2.38. The number of carbonyl (C=O) groups excluding carboxylic acids is 3. The summed E-state index contributed by atoms with van der Waals surface area (Å²) in [5, 5.41) is 2.06. The van der Waals surface area contributed by atoms with E-state index in [1.165, 1.54) is 6.08 Å². The number of nitrogens with zero attached hydrogens (tertiary/aromatic N) is 1. The molecule has 29 heavy (non-hydrogen) atoms. The first-order chi connectivity index (χ1) is 13.9. The third kappa shape index (κ3) is 3.78. The van der Waals surface area contributed by atoms with E-state index in [0.29, 0.717) is 30.4 Å². The Morgan fingerprint density at radius 2 is 1.90 bits per heavy atom. The Balaban J connectivity index is 1.57. The van der Waals surface area contributed by atoms with Crippen LogP contribution in [0.1, 0.15) is 19.4 Å². The molecule has 150 valence electrons. The maximum Gasteiger partial charge on any atom is 0.419 e. The van der Waals surface area contributed by atoms with E-state index in [4.69, 9.17) is 14.2 Å². The Bertz CT molecular complexity index is 975. The topological polar surface area (TPSA) is 103 Å². The third-order valence-electron chi connectivity index (χ3n) is 4.99. The van der Waals surface area contributed by atoms with Crippen LogP contribution >= 0.6 is 0 Å². The second-order valence-corrected chi connectivity index (χ2v) is 7.27. The van der Waals surface area contributed by atoms with Crippen LogP contribution in [-0.2, 0) is 14.3 Å². The highest BCUT2D eigenvalue weighted by molar-refractivity contribution is 6.15. The van der Waals surface area contributed by atoms with Crippen LogP contribution in [0.5, 0.6) is 11.5 Å². The molecule has 8 heteroatoms. The number of benzene rings is 1. The molecule has 8 nitrogen and oxygen atoms in total. The van der Waals surface area contributed by atoms with Crippen LogP contribution in [0.15, 0.2) is 47.2 Å². The number of imide groups is 1. The number of aliphatic imine (C=N–C) groups is 1. The molecule has 1 aromatic carbocycles. The minimum Gasteiger partial charge on any atom is -0.486 e. The maximum absolute atomic E-state index is 12.8. The number of dihydropyridines is 1. The van der Waals surface area contributed by atoms with Crippen LogP contribution < -0.4 is 14.8 Å². The summed E-state index contributed by atoms with van der Waals surface area (Å²) in [6, 6.07) is 5.43. The number of allylic oxidation sites excluding steroid dienone is 2. The van der Waals surface area contributed by atoms with Gasteiger partial charge in [0.05, 0.1) is 11.6 Å². The van der Waals surface area contributed by atoms with Crippen LogP contribution in [-0.4, -0.2) is 36.8 Å². The van der Waals surface area contributed by atoms with Gasteiger partial charge in [-0.25, -0.2) is 9.79 Å². The number of alkyl carbamates (subject to hydrolysis) is 1. The summed E-state index contributed by atoms with van der Waals surface area (Å²) in [4.78, 5) is 40.1. The fourth-order valence-corrected chi connectivity index (χ4v) is 3.49. The van der Waals surface area contributed by atoms with Crippen LogP contribution in [0.4, 0.5) is 4.79 Å². The smallest absolute Gasteiger partial charge is 0.419 e. The van der Waals surface area contributed by atoms with Crippen molar-refractivity contribution in [3.05, 3.63) is 47.7 Å². The molecule has 3 aliphatic rings. The van der Waals surface area contributed by atoms with Crippen LogP contribution in [0.25, 0.3) is 0 Å². The molecule has 0 radical (unpaired) electrons. The predicted molar refractivity (Wildman–Crippen MR) is 103 cm³/mol. The molecule has 3 amide bonds. The number of cyclic esters (lactones) is 1. The van der Waals surface area contributed by atoms with E-state index in [2.05, 4.69) is 10.3 Å². The zero-order valence-corrected chi connectivity index (χ0v) is 16.0. The van der Waals surface area contributed by atoms with Crippen molar-refractivity contribution in [3.63, 3.8) is 0 Å². The summed E-state index contributed by atoms with van der Waals surface area (Å²) in [7, 11) is 0. The molecule has 0 aliphatic carbocycles. The average Bonchev–Trinajstić information content (AvgIpc) is 3.02. The van der Waals surface area contributed by atoms with Gasteiger partial charge in [0.1, 0.15) is 13.2 Å². The molecule has 3 heterocycles. The number of amides is 3. The maximum atomic E-state index is 12.8. The lowest BCUT2D eigenvalue weighted by Crippen LogP contribution is -2.28. The molecule has 3 aliphatic heterocycles. The van der Waals surface area contributed by atoms with Crippen LogP contribution in [0.3, 0.4) is 0 Å². The molecule has 2 unspecified atom stereocenters. The van der Waals surface area contributed by atoms with E-state index in [1.807, 2.05) is 19.9 Å². The highest BCUT2D eigenvalue weighted by Crippen LogP contribution is 2.33. The van der Waals surface area contributed by atoms with Gasteiger partial charge in [0, 0.05) is 5.56 Å². The van der Waals surface area contributed by atoms with Gasteiger partial charge in [0.25, 0.3) is 11.8 Å². The van der Waals surface area contributed by atoms with Crippen molar-refractivity contribution in [2.24, 2.45) is 22.7 Å². The Hall–Kier alpha value is -3.42. The first-order valence-electron chi connectivity index (χ1n) is 9.38. The van der Waals surface area contributed by atoms with Gasteiger partial charge in [-0.1, -0.05) is 19.9 Å². The fraction of sp³-hybridized carbons (Fsp3) is 0.333. The van der Waals surface area contributed by atoms with Crippen molar-refractivity contribution >= 4 is 23.6 Å². The number of ether oxygens (including phenoxy) is 3. The van der Waals surface area contributed by atoms with E-state index < -0.39 is 17.9 Å². The van der Waals surface area contributed by atoms with Crippen LogP contribution in [0, 0.1) is 17.8 Å².